The van der Waals surface area contributed by atoms with Crippen LogP contribution < -0.4 is 5.32 Å². The van der Waals surface area contributed by atoms with Crippen molar-refractivity contribution in [2.24, 2.45) is 17.8 Å². The quantitative estimate of drug-likeness (QED) is 0.760. The molecule has 0 aromatic heterocycles. The highest BCUT2D eigenvalue weighted by Gasteiger charge is 2.39. The first-order valence-corrected chi connectivity index (χ1v) is 8.98. The molecule has 1 N–H and O–H groups in total. The third kappa shape index (κ3) is 4.46. The number of piperazine rings is 1. The second-order valence-corrected chi connectivity index (χ2v) is 8.03. The summed E-state index contributed by atoms with van der Waals surface area (Å²) in [6, 6.07) is 2.26. The van der Waals surface area contributed by atoms with E-state index in [1.54, 1.807) is 0 Å². The van der Waals surface area contributed by atoms with Gasteiger partial charge in [-0.15, -0.1) is 0 Å². The summed E-state index contributed by atoms with van der Waals surface area (Å²) < 4.78 is 0. The Bertz CT molecular complexity index is 283. The van der Waals surface area contributed by atoms with Crippen molar-refractivity contribution in [2.45, 2.75) is 84.8 Å². The SMILES string of the molecule is CC(C)CCCC(C)N1CC(C2CC2)NCC1C(C)C. The Balaban J connectivity index is 1.87. The van der Waals surface area contributed by atoms with Crippen LogP contribution >= 0.6 is 0 Å². The molecular formula is C18H36N2. The van der Waals surface area contributed by atoms with Gasteiger partial charge < -0.3 is 5.32 Å². The number of hydrogen-bond donors (Lipinski definition) is 1. The molecule has 0 radical (unpaired) electrons. The van der Waals surface area contributed by atoms with Crippen LogP contribution in [-0.4, -0.2) is 36.1 Å². The Morgan fingerprint density at radius 2 is 1.75 bits per heavy atom. The number of nitrogens with zero attached hydrogens (tertiary/aromatic N) is 1. The van der Waals surface area contributed by atoms with Crippen LogP contribution in [0.4, 0.5) is 0 Å². The molecule has 2 aliphatic rings. The summed E-state index contributed by atoms with van der Waals surface area (Å²) in [6.45, 7) is 14.4. The molecule has 2 fully saturated rings. The number of rotatable bonds is 7. The van der Waals surface area contributed by atoms with Crippen LogP contribution in [-0.2, 0) is 0 Å². The second kappa shape index (κ2) is 7.26. The van der Waals surface area contributed by atoms with Crippen molar-refractivity contribution >= 4 is 0 Å². The Morgan fingerprint density at radius 3 is 2.30 bits per heavy atom. The van der Waals surface area contributed by atoms with Gasteiger partial charge in [0, 0.05) is 31.2 Å². The molecule has 1 saturated carbocycles. The zero-order valence-electron chi connectivity index (χ0n) is 14.4. The summed E-state index contributed by atoms with van der Waals surface area (Å²) in [6.07, 6.45) is 7.06. The van der Waals surface area contributed by atoms with E-state index in [1.165, 1.54) is 45.2 Å². The van der Waals surface area contributed by atoms with Crippen LogP contribution in [0.2, 0.25) is 0 Å². The van der Waals surface area contributed by atoms with Gasteiger partial charge in [-0.3, -0.25) is 4.90 Å². The van der Waals surface area contributed by atoms with Crippen molar-refractivity contribution in [3.63, 3.8) is 0 Å². The largest absolute Gasteiger partial charge is 0.311 e. The van der Waals surface area contributed by atoms with Gasteiger partial charge in [0.25, 0.3) is 0 Å². The Labute approximate surface area is 126 Å². The standard InChI is InChI=1S/C18H36N2/c1-13(2)7-6-8-15(5)20-12-17(16-9-10-16)19-11-18(20)14(3)4/h13-19H,6-12H2,1-5H3. The van der Waals surface area contributed by atoms with Crippen molar-refractivity contribution < 1.29 is 0 Å². The summed E-state index contributed by atoms with van der Waals surface area (Å²) in [7, 11) is 0. The summed E-state index contributed by atoms with van der Waals surface area (Å²) >= 11 is 0. The highest BCUT2D eigenvalue weighted by Crippen LogP contribution is 2.35. The molecule has 0 aromatic carbocycles. The fourth-order valence-electron chi connectivity index (χ4n) is 3.74. The van der Waals surface area contributed by atoms with Crippen LogP contribution in [0.3, 0.4) is 0 Å². The maximum atomic E-state index is 3.83. The fraction of sp³-hybridized carbons (Fsp3) is 1.00. The lowest BCUT2D eigenvalue weighted by molar-refractivity contribution is 0.0527. The molecule has 0 bridgehead atoms. The van der Waals surface area contributed by atoms with Gasteiger partial charge in [-0.1, -0.05) is 40.5 Å². The van der Waals surface area contributed by atoms with E-state index < -0.39 is 0 Å². The molecule has 1 aliphatic heterocycles. The van der Waals surface area contributed by atoms with Crippen molar-refractivity contribution in [2.75, 3.05) is 13.1 Å². The molecule has 0 amide bonds. The van der Waals surface area contributed by atoms with E-state index in [0.29, 0.717) is 0 Å². The Morgan fingerprint density at radius 1 is 1.05 bits per heavy atom. The number of hydrogen-bond acceptors (Lipinski definition) is 2. The van der Waals surface area contributed by atoms with Crippen LogP contribution in [0.5, 0.6) is 0 Å². The van der Waals surface area contributed by atoms with Crippen molar-refractivity contribution in [1.82, 2.24) is 10.2 Å². The maximum Gasteiger partial charge on any atom is 0.0247 e. The van der Waals surface area contributed by atoms with E-state index in [-0.39, 0.29) is 0 Å². The number of nitrogens with one attached hydrogen (secondary N) is 1. The predicted octanol–water partition coefficient (Wildman–Crippen LogP) is 3.91. The van der Waals surface area contributed by atoms with Gasteiger partial charge in [0.05, 0.1) is 0 Å². The van der Waals surface area contributed by atoms with E-state index in [1.807, 2.05) is 0 Å². The van der Waals surface area contributed by atoms with Crippen LogP contribution in [0.25, 0.3) is 0 Å². The molecule has 0 aromatic rings. The molecule has 20 heavy (non-hydrogen) atoms. The second-order valence-electron chi connectivity index (χ2n) is 8.03. The fourth-order valence-corrected chi connectivity index (χ4v) is 3.74. The zero-order valence-corrected chi connectivity index (χ0v) is 14.4. The van der Waals surface area contributed by atoms with Crippen molar-refractivity contribution in [3.05, 3.63) is 0 Å². The molecule has 1 saturated heterocycles. The molecule has 3 atom stereocenters. The van der Waals surface area contributed by atoms with Gasteiger partial charge in [0.15, 0.2) is 0 Å². The zero-order chi connectivity index (χ0) is 14.7. The van der Waals surface area contributed by atoms with Gasteiger partial charge in [-0.05, 0) is 43.9 Å². The summed E-state index contributed by atoms with van der Waals surface area (Å²) in [5.41, 5.74) is 0. The molecule has 118 valence electrons. The van der Waals surface area contributed by atoms with Gasteiger partial charge in [-0.25, -0.2) is 0 Å². The third-order valence-electron chi connectivity index (χ3n) is 5.35. The van der Waals surface area contributed by atoms with Crippen molar-refractivity contribution in [1.29, 1.82) is 0 Å². The summed E-state index contributed by atoms with van der Waals surface area (Å²) in [5.74, 6) is 2.59. The van der Waals surface area contributed by atoms with Crippen LogP contribution in [0.1, 0.15) is 66.7 Å². The van der Waals surface area contributed by atoms with Gasteiger partial charge in [0.2, 0.25) is 0 Å². The first kappa shape index (κ1) is 16.3. The average Bonchev–Trinajstić information content (AvgIpc) is 3.21. The van der Waals surface area contributed by atoms with Gasteiger partial charge in [0.1, 0.15) is 0 Å². The molecule has 3 unspecified atom stereocenters. The summed E-state index contributed by atoms with van der Waals surface area (Å²) in [4.78, 5) is 2.84. The van der Waals surface area contributed by atoms with E-state index in [9.17, 15) is 0 Å². The molecule has 0 spiro atoms. The lowest BCUT2D eigenvalue weighted by Crippen LogP contribution is -2.61. The molecule has 1 heterocycles. The first-order valence-electron chi connectivity index (χ1n) is 8.98. The highest BCUT2D eigenvalue weighted by atomic mass is 15.3. The Kier molecular flexibility index (Phi) is 5.92. The van der Waals surface area contributed by atoms with E-state index in [0.717, 1.165) is 35.9 Å². The first-order chi connectivity index (χ1) is 9.49. The minimum atomic E-state index is 0.735. The third-order valence-corrected chi connectivity index (χ3v) is 5.35. The van der Waals surface area contributed by atoms with E-state index >= 15 is 0 Å². The maximum absolute atomic E-state index is 3.83. The molecule has 2 nitrogen and oxygen atoms in total. The topological polar surface area (TPSA) is 15.3 Å². The molecule has 1 aliphatic carbocycles. The lowest BCUT2D eigenvalue weighted by Gasteiger charge is -2.46. The van der Waals surface area contributed by atoms with Crippen molar-refractivity contribution in [3.8, 4) is 0 Å². The smallest absolute Gasteiger partial charge is 0.0247 e. The van der Waals surface area contributed by atoms with Crippen LogP contribution in [0, 0.1) is 17.8 Å². The van der Waals surface area contributed by atoms with Gasteiger partial charge >= 0.3 is 0 Å². The average molecular weight is 280 g/mol. The van der Waals surface area contributed by atoms with E-state index in [2.05, 4.69) is 44.8 Å². The Hall–Kier alpha value is -0.0800. The highest BCUT2D eigenvalue weighted by molar-refractivity contribution is 4.96. The minimum absolute atomic E-state index is 0.735. The monoisotopic (exact) mass is 280 g/mol. The molecular weight excluding hydrogens is 244 g/mol. The van der Waals surface area contributed by atoms with Crippen LogP contribution in [0.15, 0.2) is 0 Å². The summed E-state index contributed by atoms with van der Waals surface area (Å²) in [5, 5.41) is 3.83. The molecule has 2 heteroatoms. The van der Waals surface area contributed by atoms with E-state index in [4.69, 9.17) is 0 Å². The molecule has 2 rings (SSSR count). The normalized spacial score (nSPS) is 30.1. The lowest BCUT2D eigenvalue weighted by atomic mass is 9.93. The predicted molar refractivity (Wildman–Crippen MR) is 88.0 cm³/mol. The van der Waals surface area contributed by atoms with Gasteiger partial charge in [-0.2, -0.15) is 0 Å². The minimum Gasteiger partial charge on any atom is -0.311 e.